The molecule has 3 atom stereocenters. The molecule has 230 valence electrons. The first-order valence-electron chi connectivity index (χ1n) is 14.7. The van der Waals surface area contributed by atoms with E-state index in [2.05, 4.69) is 10.3 Å². The van der Waals surface area contributed by atoms with Gasteiger partial charge in [-0.15, -0.1) is 0 Å². The number of carbonyl (C=O) groups is 6. The minimum absolute atomic E-state index is 0.0599. The Labute approximate surface area is 257 Å². The Kier molecular flexibility index (Phi) is 12.4. The topological polar surface area (TPSA) is 153 Å². The van der Waals surface area contributed by atoms with Crippen molar-refractivity contribution < 1.29 is 28.8 Å². The third-order valence-corrected chi connectivity index (χ3v) is 7.66. The summed E-state index contributed by atoms with van der Waals surface area (Å²) in [5.74, 6) is -4.73. The minimum atomic E-state index is -0.933. The lowest BCUT2D eigenvalue weighted by Crippen LogP contribution is -2.44. The van der Waals surface area contributed by atoms with Crippen LogP contribution in [0.2, 0.25) is 0 Å². The van der Waals surface area contributed by atoms with Crippen molar-refractivity contribution in [3.63, 3.8) is 0 Å². The molecular weight excluding hydrogens is 558 g/mol. The number of ketones is 4. The van der Waals surface area contributed by atoms with Crippen LogP contribution < -0.4 is 11.1 Å². The number of Topliss-reactive ketones (excluding diaryl/α,β-unsaturated/α-hetero) is 4. The standard InChI is InChI=1S/C35H39N3O6/c1-22(2)29(33(42)30(39)13-12-25-10-7-11-27(18-25)34(36)43)21-31(40)23(3)38-35(44)28(19-24-8-5-4-6-9-24)20-32(41)26-14-16-37-17-15-26/h4-11,14-18,22-23,28-29H,12-13,19-21H2,1-3H3,(H2,36,43)(H,38,44)/t23-,28+,29-/m0/s1. The number of rotatable bonds is 17. The third-order valence-electron chi connectivity index (χ3n) is 7.66. The zero-order chi connectivity index (χ0) is 32.2. The molecule has 2 amide bonds. The molecule has 9 nitrogen and oxygen atoms in total. The van der Waals surface area contributed by atoms with E-state index in [0.717, 1.165) is 5.56 Å². The average Bonchev–Trinajstić information content (AvgIpc) is 3.02. The van der Waals surface area contributed by atoms with Crippen molar-refractivity contribution in [2.75, 3.05) is 0 Å². The van der Waals surface area contributed by atoms with E-state index in [1.165, 1.54) is 12.4 Å². The molecule has 2 aromatic carbocycles. The molecule has 0 aliphatic carbocycles. The Morgan fingerprint density at radius 3 is 2.09 bits per heavy atom. The molecule has 3 N–H and O–H groups in total. The lowest BCUT2D eigenvalue weighted by molar-refractivity contribution is -0.141. The smallest absolute Gasteiger partial charge is 0.248 e. The van der Waals surface area contributed by atoms with Gasteiger partial charge in [-0.2, -0.15) is 0 Å². The Morgan fingerprint density at radius 1 is 0.795 bits per heavy atom. The van der Waals surface area contributed by atoms with Crippen LogP contribution in [0.3, 0.4) is 0 Å². The van der Waals surface area contributed by atoms with E-state index >= 15 is 0 Å². The van der Waals surface area contributed by atoms with Gasteiger partial charge in [-0.3, -0.25) is 33.8 Å². The minimum Gasteiger partial charge on any atom is -0.366 e. The van der Waals surface area contributed by atoms with Gasteiger partial charge >= 0.3 is 0 Å². The highest BCUT2D eigenvalue weighted by atomic mass is 16.2. The number of hydrogen-bond acceptors (Lipinski definition) is 7. The van der Waals surface area contributed by atoms with Gasteiger partial charge in [0.15, 0.2) is 17.3 Å². The SMILES string of the molecule is CC(C)[C@H](CC(=O)[C@H](C)NC(=O)[C@@H](CC(=O)c1ccncc1)Cc1ccccc1)C(=O)C(=O)CCc1cccc(C(N)=O)c1. The number of carbonyl (C=O) groups excluding carboxylic acids is 6. The fourth-order valence-electron chi connectivity index (χ4n) is 4.94. The molecule has 3 aromatic rings. The van der Waals surface area contributed by atoms with E-state index in [-0.39, 0.29) is 43.2 Å². The third kappa shape index (κ3) is 9.90. The summed E-state index contributed by atoms with van der Waals surface area (Å²) in [6.45, 7) is 5.08. The van der Waals surface area contributed by atoms with E-state index < -0.39 is 41.3 Å². The summed E-state index contributed by atoms with van der Waals surface area (Å²) in [5.41, 5.74) is 7.65. The van der Waals surface area contributed by atoms with Gasteiger partial charge in [0, 0.05) is 54.6 Å². The van der Waals surface area contributed by atoms with Gasteiger partial charge in [-0.1, -0.05) is 56.3 Å². The highest BCUT2D eigenvalue weighted by Crippen LogP contribution is 2.21. The van der Waals surface area contributed by atoms with Crippen molar-refractivity contribution in [3.8, 4) is 0 Å². The van der Waals surface area contributed by atoms with E-state index in [0.29, 0.717) is 23.1 Å². The van der Waals surface area contributed by atoms with Crippen molar-refractivity contribution in [2.45, 2.75) is 58.9 Å². The number of nitrogens with one attached hydrogen (secondary N) is 1. The molecular formula is C35H39N3O6. The molecule has 0 aliphatic rings. The second-order valence-corrected chi connectivity index (χ2v) is 11.4. The van der Waals surface area contributed by atoms with Crippen LogP contribution in [0.1, 0.15) is 71.9 Å². The van der Waals surface area contributed by atoms with Crippen LogP contribution in [-0.4, -0.2) is 46.0 Å². The van der Waals surface area contributed by atoms with Crippen LogP contribution in [0.4, 0.5) is 0 Å². The Hall–Kier alpha value is -4.79. The van der Waals surface area contributed by atoms with Crippen molar-refractivity contribution in [3.05, 3.63) is 101 Å². The molecule has 0 radical (unpaired) electrons. The number of nitrogens with two attached hydrogens (primary N) is 1. The second kappa shape index (κ2) is 16.2. The molecule has 0 aliphatic heterocycles. The summed E-state index contributed by atoms with van der Waals surface area (Å²) in [5, 5.41) is 2.74. The predicted octanol–water partition coefficient (Wildman–Crippen LogP) is 4.12. The van der Waals surface area contributed by atoms with E-state index in [4.69, 9.17) is 5.73 Å². The fraction of sp³-hybridized carbons (Fsp3) is 0.343. The number of hydrogen-bond donors (Lipinski definition) is 2. The zero-order valence-corrected chi connectivity index (χ0v) is 25.3. The summed E-state index contributed by atoms with van der Waals surface area (Å²) in [7, 11) is 0. The maximum Gasteiger partial charge on any atom is 0.248 e. The van der Waals surface area contributed by atoms with E-state index in [9.17, 15) is 28.8 Å². The maximum absolute atomic E-state index is 13.4. The van der Waals surface area contributed by atoms with Crippen molar-refractivity contribution in [1.29, 1.82) is 0 Å². The van der Waals surface area contributed by atoms with Crippen molar-refractivity contribution in [1.82, 2.24) is 10.3 Å². The number of benzene rings is 2. The number of aromatic nitrogens is 1. The molecule has 0 fully saturated rings. The van der Waals surface area contributed by atoms with Crippen LogP contribution in [0.5, 0.6) is 0 Å². The molecule has 3 rings (SSSR count). The first kappa shape index (κ1) is 33.7. The monoisotopic (exact) mass is 597 g/mol. The van der Waals surface area contributed by atoms with Gasteiger partial charge in [0.1, 0.15) is 0 Å². The van der Waals surface area contributed by atoms with Gasteiger partial charge in [0.05, 0.1) is 6.04 Å². The van der Waals surface area contributed by atoms with Crippen LogP contribution >= 0.6 is 0 Å². The number of aryl methyl sites for hydroxylation is 1. The summed E-state index contributed by atoms with van der Waals surface area (Å²) >= 11 is 0. The lowest BCUT2D eigenvalue weighted by atomic mass is 9.83. The predicted molar refractivity (Wildman–Crippen MR) is 166 cm³/mol. The van der Waals surface area contributed by atoms with Crippen molar-refractivity contribution >= 4 is 34.9 Å². The van der Waals surface area contributed by atoms with E-state index in [1.54, 1.807) is 57.2 Å². The second-order valence-electron chi connectivity index (χ2n) is 11.4. The highest BCUT2D eigenvalue weighted by molar-refractivity contribution is 6.38. The molecule has 0 spiro atoms. The summed E-state index contributed by atoms with van der Waals surface area (Å²) < 4.78 is 0. The highest BCUT2D eigenvalue weighted by Gasteiger charge is 2.32. The normalized spacial score (nSPS) is 13.0. The first-order valence-corrected chi connectivity index (χ1v) is 14.7. The zero-order valence-electron chi connectivity index (χ0n) is 25.3. The van der Waals surface area contributed by atoms with Crippen molar-refractivity contribution in [2.24, 2.45) is 23.5 Å². The first-order chi connectivity index (χ1) is 21.0. The van der Waals surface area contributed by atoms with Gasteiger partial charge < -0.3 is 11.1 Å². The summed E-state index contributed by atoms with van der Waals surface area (Å²) in [4.78, 5) is 80.9. The lowest BCUT2D eigenvalue weighted by Gasteiger charge is -2.23. The largest absolute Gasteiger partial charge is 0.366 e. The van der Waals surface area contributed by atoms with E-state index in [1.807, 2.05) is 30.3 Å². The Balaban J connectivity index is 1.64. The number of amides is 2. The molecule has 0 saturated heterocycles. The van der Waals surface area contributed by atoms with Crippen LogP contribution in [0.25, 0.3) is 0 Å². The molecule has 9 heteroatoms. The summed E-state index contributed by atoms with van der Waals surface area (Å²) in [6.07, 6.45) is 3.23. The van der Waals surface area contributed by atoms with Crippen LogP contribution in [0.15, 0.2) is 79.1 Å². The van der Waals surface area contributed by atoms with Gasteiger partial charge in [0.25, 0.3) is 0 Å². The fourth-order valence-corrected chi connectivity index (χ4v) is 4.94. The van der Waals surface area contributed by atoms with Gasteiger partial charge in [0.2, 0.25) is 17.6 Å². The molecule has 0 bridgehead atoms. The molecule has 0 saturated carbocycles. The quantitative estimate of drug-likeness (QED) is 0.175. The van der Waals surface area contributed by atoms with Crippen LogP contribution in [0, 0.1) is 17.8 Å². The summed E-state index contributed by atoms with van der Waals surface area (Å²) in [6, 6.07) is 18.1. The molecule has 1 heterocycles. The van der Waals surface area contributed by atoms with Gasteiger partial charge in [-0.25, -0.2) is 0 Å². The number of nitrogens with zero attached hydrogens (tertiary/aromatic N) is 1. The molecule has 0 unspecified atom stereocenters. The average molecular weight is 598 g/mol. The molecule has 1 aromatic heterocycles. The maximum atomic E-state index is 13.4. The Bertz CT molecular complexity index is 1490. The van der Waals surface area contributed by atoms with Crippen LogP contribution in [-0.2, 0) is 32.0 Å². The number of primary amides is 1. The molecule has 44 heavy (non-hydrogen) atoms. The Morgan fingerprint density at radius 2 is 1.45 bits per heavy atom. The van der Waals surface area contributed by atoms with Gasteiger partial charge in [-0.05, 0) is 61.1 Å². The number of pyridine rings is 1.